The fourth-order valence-corrected chi connectivity index (χ4v) is 2.05. The molecule has 0 aliphatic carbocycles. The van der Waals surface area contributed by atoms with E-state index in [0.717, 1.165) is 11.0 Å². The highest BCUT2D eigenvalue weighted by molar-refractivity contribution is 6.67. The number of hydrogen-bond acceptors (Lipinski definition) is 4. The van der Waals surface area contributed by atoms with E-state index in [1.165, 1.54) is 6.92 Å². The van der Waals surface area contributed by atoms with E-state index in [1.54, 1.807) is 0 Å². The van der Waals surface area contributed by atoms with Gasteiger partial charge in [-0.15, -0.1) is 0 Å². The Kier molecular flexibility index (Phi) is 3.50. The number of hydrogen-bond donors (Lipinski definition) is 1. The second kappa shape index (κ2) is 4.90. The van der Waals surface area contributed by atoms with Crippen molar-refractivity contribution in [3.05, 3.63) is 23.8 Å². The largest absolute Gasteiger partial charge is 0.486 e. The third-order valence-corrected chi connectivity index (χ3v) is 2.87. The van der Waals surface area contributed by atoms with Gasteiger partial charge in [0.15, 0.2) is 5.78 Å². The van der Waals surface area contributed by atoms with E-state index in [1.807, 2.05) is 25.0 Å². The molecule has 1 heterocycles. The van der Waals surface area contributed by atoms with E-state index in [2.05, 4.69) is 0 Å². The molecule has 17 heavy (non-hydrogen) atoms. The predicted octanol–water partition coefficient (Wildman–Crippen LogP) is 0.513. The normalized spacial score (nSPS) is 18.1. The molecule has 0 spiro atoms. The van der Waals surface area contributed by atoms with Gasteiger partial charge < -0.3 is 15.1 Å². The molecule has 0 bridgehead atoms. The zero-order chi connectivity index (χ0) is 12.4. The van der Waals surface area contributed by atoms with Crippen molar-refractivity contribution in [2.45, 2.75) is 19.9 Å². The van der Waals surface area contributed by atoms with Gasteiger partial charge in [0.05, 0.1) is 6.10 Å². The number of Topliss-reactive ketones (excluding diaryl/α,β-unsaturated/α-hetero) is 1. The fraction of sp³-hybridized carbons (Fsp3) is 0.417. The van der Waals surface area contributed by atoms with E-state index in [-0.39, 0.29) is 25.4 Å². The van der Waals surface area contributed by atoms with Crippen molar-refractivity contribution in [3.63, 3.8) is 0 Å². The number of carbonyl (C=O) groups is 1. The number of carbonyl (C=O) groups excluding carboxylic acids is 1. The van der Waals surface area contributed by atoms with Crippen molar-refractivity contribution in [2.24, 2.45) is 5.73 Å². The van der Waals surface area contributed by atoms with Crippen molar-refractivity contribution >= 4 is 18.2 Å². The van der Waals surface area contributed by atoms with Crippen LogP contribution in [0, 0.1) is 0 Å². The van der Waals surface area contributed by atoms with Crippen molar-refractivity contribution < 1.29 is 14.2 Å². The highest BCUT2D eigenvalue weighted by Crippen LogP contribution is 2.25. The highest BCUT2D eigenvalue weighted by atomic mass is 16.5. The molecule has 0 fully saturated rings. The summed E-state index contributed by atoms with van der Waals surface area (Å²) in [6, 6.07) is 5.75. The first-order valence-electron chi connectivity index (χ1n) is 5.73. The van der Waals surface area contributed by atoms with Crippen LogP contribution in [-0.2, 0) is 9.45 Å². The summed E-state index contributed by atoms with van der Waals surface area (Å²) in [5.74, 6) is 0.710. The third-order valence-electron chi connectivity index (χ3n) is 2.87. The van der Waals surface area contributed by atoms with E-state index >= 15 is 0 Å². The van der Waals surface area contributed by atoms with E-state index in [0.29, 0.717) is 12.3 Å². The first-order valence-corrected chi connectivity index (χ1v) is 5.73. The van der Waals surface area contributed by atoms with Gasteiger partial charge in [-0.2, -0.15) is 0 Å². The number of nitrogens with two attached hydrogens (primary N) is 1. The molecule has 1 aliphatic heterocycles. The summed E-state index contributed by atoms with van der Waals surface area (Å²) in [5, 5.41) is 0. The molecular formula is C12H16BNO3. The van der Waals surface area contributed by atoms with Gasteiger partial charge >= 0.3 is 6.92 Å². The first kappa shape index (κ1) is 12.1. The van der Waals surface area contributed by atoms with Crippen LogP contribution in [0.4, 0.5) is 0 Å². The molecule has 90 valence electrons. The zero-order valence-electron chi connectivity index (χ0n) is 10.1. The summed E-state index contributed by atoms with van der Waals surface area (Å²) in [4.78, 5) is 10.8. The zero-order valence-corrected chi connectivity index (χ0v) is 10.1. The summed E-state index contributed by atoms with van der Waals surface area (Å²) < 4.78 is 11.1. The molecule has 0 unspecified atom stereocenters. The van der Waals surface area contributed by atoms with Gasteiger partial charge in [-0.1, -0.05) is 12.9 Å². The van der Waals surface area contributed by atoms with E-state index in [4.69, 9.17) is 15.1 Å². The van der Waals surface area contributed by atoms with Crippen LogP contribution in [0.25, 0.3) is 0 Å². The highest BCUT2D eigenvalue weighted by Gasteiger charge is 2.31. The van der Waals surface area contributed by atoms with Crippen LogP contribution in [0.1, 0.15) is 18.6 Å². The van der Waals surface area contributed by atoms with Crippen LogP contribution < -0.4 is 15.9 Å². The molecule has 0 saturated heterocycles. The topological polar surface area (TPSA) is 61.6 Å². The first-order chi connectivity index (χ1) is 8.11. The van der Waals surface area contributed by atoms with Crippen molar-refractivity contribution in [2.75, 3.05) is 13.2 Å². The maximum absolute atomic E-state index is 10.8. The van der Waals surface area contributed by atoms with Gasteiger partial charge in [0, 0.05) is 6.54 Å². The van der Waals surface area contributed by atoms with Crippen LogP contribution in [0.15, 0.2) is 18.2 Å². The van der Waals surface area contributed by atoms with Crippen LogP contribution >= 0.6 is 0 Å². The molecule has 0 radical (unpaired) electrons. The standard InChI is InChI=1S/C12H16BNO3/c1-8(15)7-16-9-3-4-10-11(5-9)13(2)17-12(10)6-14/h3-5,12H,6-7,14H2,1-2H3/t12-/m1/s1. The van der Waals surface area contributed by atoms with Gasteiger partial charge in [0.1, 0.15) is 12.4 Å². The average Bonchev–Trinajstić information content (AvgIpc) is 2.63. The smallest absolute Gasteiger partial charge is 0.324 e. The van der Waals surface area contributed by atoms with Crippen LogP contribution in [0.5, 0.6) is 5.75 Å². The molecule has 0 aromatic heterocycles. The minimum absolute atomic E-state index is 0.00892. The summed E-state index contributed by atoms with van der Waals surface area (Å²) in [6.07, 6.45) is -0.0261. The molecule has 1 aromatic carbocycles. The van der Waals surface area contributed by atoms with Crippen LogP contribution in [-0.4, -0.2) is 25.9 Å². The second-order valence-electron chi connectivity index (χ2n) is 4.28. The lowest BCUT2D eigenvalue weighted by Gasteiger charge is -2.09. The Labute approximate surface area is 101 Å². The molecule has 0 saturated carbocycles. The van der Waals surface area contributed by atoms with Crippen molar-refractivity contribution in [1.29, 1.82) is 0 Å². The van der Waals surface area contributed by atoms with Crippen LogP contribution in [0.3, 0.4) is 0 Å². The number of rotatable bonds is 4. The summed E-state index contributed by atoms with van der Waals surface area (Å²) >= 11 is 0. The van der Waals surface area contributed by atoms with Gasteiger partial charge in [0.2, 0.25) is 0 Å². The fourth-order valence-electron chi connectivity index (χ4n) is 2.05. The lowest BCUT2D eigenvalue weighted by molar-refractivity contribution is -0.118. The molecular weight excluding hydrogens is 217 g/mol. The maximum atomic E-state index is 10.8. The number of fused-ring (bicyclic) bond motifs is 1. The minimum atomic E-state index is -0.0261. The average molecular weight is 233 g/mol. The van der Waals surface area contributed by atoms with Crippen molar-refractivity contribution in [3.8, 4) is 5.75 Å². The van der Waals surface area contributed by atoms with Gasteiger partial charge in [0.25, 0.3) is 0 Å². The second-order valence-corrected chi connectivity index (χ2v) is 4.28. The Balaban J connectivity index is 2.19. The molecule has 1 aromatic rings. The van der Waals surface area contributed by atoms with Crippen LogP contribution in [0.2, 0.25) is 6.82 Å². The van der Waals surface area contributed by atoms with Crippen molar-refractivity contribution in [1.82, 2.24) is 0 Å². The SMILES string of the molecule is CB1O[C@H](CN)c2ccc(OCC(C)=O)cc21. The molecule has 2 N–H and O–H groups in total. The Morgan fingerprint density at radius 2 is 2.35 bits per heavy atom. The number of ether oxygens (including phenoxy) is 1. The van der Waals surface area contributed by atoms with Gasteiger partial charge in [-0.25, -0.2) is 0 Å². The molecule has 1 aliphatic rings. The van der Waals surface area contributed by atoms with Gasteiger partial charge in [-0.05, 0) is 30.1 Å². The summed E-state index contributed by atoms with van der Waals surface area (Å²) in [6.45, 7) is 4.10. The minimum Gasteiger partial charge on any atom is -0.486 e. The van der Waals surface area contributed by atoms with E-state index in [9.17, 15) is 4.79 Å². The lowest BCUT2D eigenvalue weighted by atomic mass is 9.64. The van der Waals surface area contributed by atoms with E-state index < -0.39 is 0 Å². The molecule has 4 nitrogen and oxygen atoms in total. The Hall–Kier alpha value is -1.33. The molecule has 1 atom stereocenters. The number of ketones is 1. The lowest BCUT2D eigenvalue weighted by Crippen LogP contribution is -2.24. The van der Waals surface area contributed by atoms with Gasteiger partial charge in [-0.3, -0.25) is 4.79 Å². The third kappa shape index (κ3) is 2.51. The monoisotopic (exact) mass is 233 g/mol. The molecule has 5 heteroatoms. The summed E-state index contributed by atoms with van der Waals surface area (Å²) in [5.41, 5.74) is 7.87. The summed E-state index contributed by atoms with van der Waals surface area (Å²) in [7, 11) is 0. The maximum Gasteiger partial charge on any atom is 0.324 e. The Morgan fingerprint density at radius 1 is 1.59 bits per heavy atom. The quantitative estimate of drug-likeness (QED) is 0.770. The predicted molar refractivity (Wildman–Crippen MR) is 66.8 cm³/mol. The molecule has 0 amide bonds. The molecule has 2 rings (SSSR count). The number of benzene rings is 1. The Bertz CT molecular complexity index is 436. The Morgan fingerprint density at radius 3 is 3.00 bits per heavy atom.